The van der Waals surface area contributed by atoms with Crippen LogP contribution in [0.3, 0.4) is 0 Å². The van der Waals surface area contributed by atoms with Gasteiger partial charge in [0.2, 0.25) is 0 Å². The largest absolute Gasteiger partial charge is 0.383 e. The number of aromatic nitrogens is 3. The molecule has 9 heteroatoms. The first-order valence-corrected chi connectivity index (χ1v) is 8.60. The molecule has 3 aromatic rings. The van der Waals surface area contributed by atoms with Gasteiger partial charge in [-0.1, -0.05) is 12.1 Å². The molecule has 0 spiro atoms. The summed E-state index contributed by atoms with van der Waals surface area (Å²) in [4.78, 5) is 29.1. The first-order chi connectivity index (χ1) is 13.4. The number of benzene rings is 2. The zero-order chi connectivity index (χ0) is 20.3. The zero-order valence-corrected chi connectivity index (χ0v) is 15.7. The van der Waals surface area contributed by atoms with Gasteiger partial charge in [-0.2, -0.15) is 5.10 Å². The van der Waals surface area contributed by atoms with Gasteiger partial charge in [-0.3, -0.25) is 14.9 Å². The van der Waals surface area contributed by atoms with Gasteiger partial charge in [-0.05, 0) is 36.8 Å². The molecule has 0 radical (unpaired) electrons. The van der Waals surface area contributed by atoms with Crippen molar-refractivity contribution in [3.05, 3.63) is 76.4 Å². The summed E-state index contributed by atoms with van der Waals surface area (Å²) >= 11 is 0. The Morgan fingerprint density at radius 1 is 1.25 bits per heavy atom. The molecule has 144 valence electrons. The van der Waals surface area contributed by atoms with Crippen LogP contribution in [0.5, 0.6) is 0 Å². The van der Waals surface area contributed by atoms with E-state index in [1.54, 1.807) is 36.1 Å². The molecule has 1 atom stereocenters. The van der Waals surface area contributed by atoms with Gasteiger partial charge in [0.05, 0.1) is 16.7 Å². The fourth-order valence-electron chi connectivity index (χ4n) is 2.88. The Morgan fingerprint density at radius 2 is 1.96 bits per heavy atom. The van der Waals surface area contributed by atoms with Crippen molar-refractivity contribution in [2.24, 2.45) is 0 Å². The Morgan fingerprint density at radius 3 is 2.54 bits per heavy atom. The average molecular weight is 380 g/mol. The number of anilines is 1. The number of carbonyl (C=O) groups is 1. The standard InChI is InChI=1S/C19H20N6O3/c1-13(14-4-7-16(8-5-14)24-12-21-11-22-24)23(3)19(26)15-6-9-17(20-2)18(10-15)25(27)28/h4-13,20H,1-3H3/t13-/m0/s1. The van der Waals surface area contributed by atoms with E-state index in [4.69, 9.17) is 0 Å². The minimum absolute atomic E-state index is 0.133. The van der Waals surface area contributed by atoms with Gasteiger partial charge >= 0.3 is 0 Å². The Kier molecular flexibility index (Phi) is 5.35. The fraction of sp³-hybridized carbons (Fsp3) is 0.211. The zero-order valence-electron chi connectivity index (χ0n) is 15.7. The maximum absolute atomic E-state index is 12.8. The van der Waals surface area contributed by atoms with Crippen LogP contribution in [0.25, 0.3) is 5.69 Å². The molecule has 3 rings (SSSR count). The highest BCUT2D eigenvalue weighted by Gasteiger charge is 2.22. The van der Waals surface area contributed by atoms with Crippen molar-refractivity contribution in [2.45, 2.75) is 13.0 Å². The van der Waals surface area contributed by atoms with Crippen LogP contribution >= 0.6 is 0 Å². The van der Waals surface area contributed by atoms with E-state index in [0.717, 1.165) is 11.3 Å². The molecule has 2 aromatic carbocycles. The van der Waals surface area contributed by atoms with Gasteiger partial charge in [0, 0.05) is 25.7 Å². The van der Waals surface area contributed by atoms with Crippen molar-refractivity contribution in [1.29, 1.82) is 0 Å². The minimum Gasteiger partial charge on any atom is -0.383 e. The van der Waals surface area contributed by atoms with Crippen molar-refractivity contribution < 1.29 is 9.72 Å². The van der Waals surface area contributed by atoms with Gasteiger partial charge < -0.3 is 10.2 Å². The van der Waals surface area contributed by atoms with E-state index in [2.05, 4.69) is 15.4 Å². The average Bonchev–Trinajstić information content (AvgIpc) is 3.26. The maximum Gasteiger partial charge on any atom is 0.293 e. The first kappa shape index (κ1) is 19.0. The van der Waals surface area contributed by atoms with E-state index in [0.29, 0.717) is 5.69 Å². The van der Waals surface area contributed by atoms with Gasteiger partial charge in [-0.15, -0.1) is 0 Å². The fourth-order valence-corrected chi connectivity index (χ4v) is 2.88. The molecular weight excluding hydrogens is 360 g/mol. The summed E-state index contributed by atoms with van der Waals surface area (Å²) in [7, 11) is 3.27. The topological polar surface area (TPSA) is 106 Å². The molecule has 1 amide bonds. The minimum atomic E-state index is -0.505. The van der Waals surface area contributed by atoms with E-state index < -0.39 is 4.92 Å². The van der Waals surface area contributed by atoms with Crippen LogP contribution in [-0.2, 0) is 0 Å². The Labute approximate surface area is 161 Å². The van der Waals surface area contributed by atoms with Crippen LogP contribution in [0.4, 0.5) is 11.4 Å². The second-order valence-corrected chi connectivity index (χ2v) is 6.26. The molecule has 1 N–H and O–H groups in total. The molecule has 0 aliphatic heterocycles. The summed E-state index contributed by atoms with van der Waals surface area (Å²) in [5, 5.41) is 18.1. The lowest BCUT2D eigenvalue weighted by molar-refractivity contribution is -0.384. The second-order valence-electron chi connectivity index (χ2n) is 6.26. The van der Waals surface area contributed by atoms with Crippen molar-refractivity contribution in [3.63, 3.8) is 0 Å². The number of nitrogens with zero attached hydrogens (tertiary/aromatic N) is 5. The summed E-state index contributed by atoms with van der Waals surface area (Å²) < 4.78 is 1.64. The van der Waals surface area contributed by atoms with Crippen LogP contribution < -0.4 is 5.32 Å². The number of hydrogen-bond acceptors (Lipinski definition) is 6. The molecule has 0 aliphatic carbocycles. The summed E-state index contributed by atoms with van der Waals surface area (Å²) in [6.45, 7) is 1.90. The van der Waals surface area contributed by atoms with E-state index in [-0.39, 0.29) is 23.2 Å². The highest BCUT2D eigenvalue weighted by molar-refractivity contribution is 5.95. The van der Waals surface area contributed by atoms with Crippen LogP contribution in [-0.4, -0.2) is 44.6 Å². The third kappa shape index (κ3) is 3.68. The molecule has 1 heterocycles. The summed E-state index contributed by atoms with van der Waals surface area (Å²) in [6.07, 6.45) is 3.07. The number of nitro groups is 1. The summed E-state index contributed by atoms with van der Waals surface area (Å²) in [5.74, 6) is -0.293. The smallest absolute Gasteiger partial charge is 0.293 e. The van der Waals surface area contributed by atoms with Crippen LogP contribution in [0, 0.1) is 10.1 Å². The number of nitrogens with one attached hydrogen (secondary N) is 1. The Bertz CT molecular complexity index is 985. The Hall–Kier alpha value is -3.75. The third-order valence-electron chi connectivity index (χ3n) is 4.67. The maximum atomic E-state index is 12.8. The molecular formula is C19H20N6O3. The predicted octanol–water partition coefficient (Wildman–Crippen LogP) is 3.05. The molecule has 1 aromatic heterocycles. The highest BCUT2D eigenvalue weighted by atomic mass is 16.6. The van der Waals surface area contributed by atoms with E-state index in [1.165, 1.54) is 18.5 Å². The third-order valence-corrected chi connectivity index (χ3v) is 4.67. The normalized spacial score (nSPS) is 11.7. The number of amides is 1. The van der Waals surface area contributed by atoms with Crippen LogP contribution in [0.15, 0.2) is 55.1 Å². The second kappa shape index (κ2) is 7.87. The monoisotopic (exact) mass is 380 g/mol. The van der Waals surface area contributed by atoms with E-state index >= 15 is 0 Å². The number of rotatable bonds is 6. The summed E-state index contributed by atoms with van der Waals surface area (Å²) in [5.41, 5.74) is 2.29. The van der Waals surface area contributed by atoms with Crippen LogP contribution in [0.2, 0.25) is 0 Å². The lowest BCUT2D eigenvalue weighted by Crippen LogP contribution is -2.29. The predicted molar refractivity (Wildman–Crippen MR) is 105 cm³/mol. The van der Waals surface area contributed by atoms with Crippen LogP contribution in [0.1, 0.15) is 28.9 Å². The van der Waals surface area contributed by atoms with Gasteiger partial charge in [-0.25, -0.2) is 9.67 Å². The van der Waals surface area contributed by atoms with Gasteiger partial charge in [0.15, 0.2) is 0 Å². The van der Waals surface area contributed by atoms with Crippen molar-refractivity contribution >= 4 is 17.3 Å². The molecule has 0 bridgehead atoms. The first-order valence-electron chi connectivity index (χ1n) is 8.60. The van der Waals surface area contributed by atoms with Gasteiger partial charge in [0.25, 0.3) is 11.6 Å². The molecule has 0 fully saturated rings. The number of nitro benzene ring substituents is 1. The van der Waals surface area contributed by atoms with Crippen molar-refractivity contribution in [2.75, 3.05) is 19.4 Å². The molecule has 0 aliphatic rings. The van der Waals surface area contributed by atoms with E-state index in [1.807, 2.05) is 31.2 Å². The van der Waals surface area contributed by atoms with Gasteiger partial charge in [0.1, 0.15) is 18.3 Å². The Balaban J connectivity index is 1.81. The SMILES string of the molecule is CNc1ccc(C(=O)N(C)[C@@H](C)c2ccc(-n3cncn3)cc2)cc1[N+](=O)[O-]. The quantitative estimate of drug-likeness (QED) is 0.520. The number of carbonyl (C=O) groups excluding carboxylic acids is 1. The van der Waals surface area contributed by atoms with Crippen molar-refractivity contribution in [3.8, 4) is 5.69 Å². The number of hydrogen-bond donors (Lipinski definition) is 1. The lowest BCUT2D eigenvalue weighted by Gasteiger charge is -2.25. The molecule has 28 heavy (non-hydrogen) atoms. The molecule has 0 unspecified atom stereocenters. The lowest BCUT2D eigenvalue weighted by atomic mass is 10.1. The molecule has 0 saturated carbocycles. The van der Waals surface area contributed by atoms with E-state index in [9.17, 15) is 14.9 Å². The van der Waals surface area contributed by atoms with Crippen molar-refractivity contribution in [1.82, 2.24) is 19.7 Å². The molecule has 0 saturated heterocycles. The highest BCUT2D eigenvalue weighted by Crippen LogP contribution is 2.27. The summed E-state index contributed by atoms with van der Waals surface area (Å²) in [6, 6.07) is 11.8. The molecule has 9 nitrogen and oxygen atoms in total.